The molecular weight excluding hydrogens is 605 g/mol. The highest BCUT2D eigenvalue weighted by molar-refractivity contribution is 7.92. The van der Waals surface area contributed by atoms with Crippen molar-refractivity contribution in [3.63, 3.8) is 0 Å². The first-order chi connectivity index (χ1) is 19.0. The molecule has 1 aliphatic rings. The lowest BCUT2D eigenvalue weighted by Gasteiger charge is -2.30. The number of aromatic nitrogens is 1. The summed E-state index contributed by atoms with van der Waals surface area (Å²) in [6, 6.07) is 4.68. The number of anilines is 1. The first kappa shape index (κ1) is 30.6. The number of methoxy groups -OCH3 is 1. The smallest absolute Gasteiger partial charge is 0.417 e. The summed E-state index contributed by atoms with van der Waals surface area (Å²) in [5.41, 5.74) is -2.56. The lowest BCUT2D eigenvalue weighted by Crippen LogP contribution is -2.27. The van der Waals surface area contributed by atoms with Gasteiger partial charge in [-0.05, 0) is 49.3 Å². The lowest BCUT2D eigenvalue weighted by molar-refractivity contribution is -0.182. The highest BCUT2D eigenvalue weighted by atomic mass is 32.2. The fraction of sp³-hybridized carbons (Fsp3) is 0.360. The van der Waals surface area contributed by atoms with Gasteiger partial charge in [-0.2, -0.15) is 34.8 Å². The Kier molecular flexibility index (Phi) is 8.28. The molecule has 1 fully saturated rings. The van der Waals surface area contributed by atoms with Gasteiger partial charge in [0.1, 0.15) is 16.6 Å². The second-order valence-corrected chi connectivity index (χ2v) is 11.8. The fourth-order valence-electron chi connectivity index (χ4n) is 4.66. The van der Waals surface area contributed by atoms with Crippen LogP contribution in [0, 0.1) is 11.7 Å². The molecule has 1 aliphatic carbocycles. The monoisotopic (exact) mass is 626 g/mol. The number of alkyl halides is 6. The van der Waals surface area contributed by atoms with Gasteiger partial charge in [-0.15, -0.1) is 11.3 Å². The zero-order valence-corrected chi connectivity index (χ0v) is 22.6. The third-order valence-corrected chi connectivity index (χ3v) is 9.04. The minimum Gasteiger partial charge on any atom is -0.495 e. The molecule has 7 nitrogen and oxygen atoms in total. The van der Waals surface area contributed by atoms with Crippen LogP contribution in [0.4, 0.5) is 36.4 Å². The molecule has 41 heavy (non-hydrogen) atoms. The summed E-state index contributed by atoms with van der Waals surface area (Å²) >= 11 is 0.596. The van der Waals surface area contributed by atoms with Gasteiger partial charge in [0.25, 0.3) is 10.0 Å². The van der Waals surface area contributed by atoms with E-state index in [-0.39, 0.29) is 42.0 Å². The molecule has 1 heterocycles. The summed E-state index contributed by atoms with van der Waals surface area (Å²) in [7, 11) is -3.51. The van der Waals surface area contributed by atoms with Crippen molar-refractivity contribution in [2.75, 3.05) is 11.8 Å². The van der Waals surface area contributed by atoms with Crippen LogP contribution in [0.2, 0.25) is 0 Å². The van der Waals surface area contributed by atoms with E-state index in [2.05, 4.69) is 4.98 Å². The molecule has 0 unspecified atom stereocenters. The minimum absolute atomic E-state index is 0.0731. The highest BCUT2D eigenvalue weighted by Crippen LogP contribution is 2.45. The van der Waals surface area contributed by atoms with Crippen LogP contribution >= 0.6 is 11.3 Å². The Morgan fingerprint density at radius 3 is 2.29 bits per heavy atom. The van der Waals surface area contributed by atoms with Gasteiger partial charge in [0.05, 0.1) is 29.8 Å². The standard InChI is InChI=1S/C25H21F7N2O5S2/c1-39-20-9-16(23(35)36)18(26)10-19(20)34-41(37,38)21-11-40-22(33-21)15-7-4-13(8-17(15)25(30,31)32)12-2-5-14(6-3-12)24(27,28)29/h4,7-12,14,34H,2-3,5-6H2,1H3,(H,35,36)/t12-,14+. The van der Waals surface area contributed by atoms with Crippen LogP contribution in [-0.4, -0.2) is 37.8 Å². The van der Waals surface area contributed by atoms with Gasteiger partial charge >= 0.3 is 18.3 Å². The van der Waals surface area contributed by atoms with Crippen molar-refractivity contribution in [3.8, 4) is 16.3 Å². The van der Waals surface area contributed by atoms with Crippen LogP contribution in [0.15, 0.2) is 40.7 Å². The average Bonchev–Trinajstić information content (AvgIpc) is 3.39. The maximum Gasteiger partial charge on any atom is 0.417 e. The number of nitrogens with one attached hydrogen (secondary N) is 1. The highest BCUT2D eigenvalue weighted by Gasteiger charge is 2.42. The van der Waals surface area contributed by atoms with Crippen molar-refractivity contribution in [3.05, 3.63) is 58.2 Å². The normalized spacial score (nSPS) is 18.2. The molecule has 0 bridgehead atoms. The molecule has 2 aromatic carbocycles. The number of halogens is 7. The van der Waals surface area contributed by atoms with Crippen molar-refractivity contribution < 1.29 is 53.8 Å². The van der Waals surface area contributed by atoms with E-state index < -0.39 is 73.4 Å². The largest absolute Gasteiger partial charge is 0.495 e. The number of hydrogen-bond donors (Lipinski definition) is 2. The van der Waals surface area contributed by atoms with Crippen molar-refractivity contribution in [2.24, 2.45) is 5.92 Å². The molecule has 0 amide bonds. The lowest BCUT2D eigenvalue weighted by atomic mass is 9.78. The number of thiazole rings is 1. The van der Waals surface area contributed by atoms with Crippen LogP contribution in [-0.2, 0) is 16.2 Å². The number of ether oxygens (including phenoxy) is 1. The number of benzene rings is 2. The molecule has 0 radical (unpaired) electrons. The van der Waals surface area contributed by atoms with Crippen molar-refractivity contribution in [1.29, 1.82) is 0 Å². The minimum atomic E-state index is -4.88. The van der Waals surface area contributed by atoms with E-state index >= 15 is 0 Å². The van der Waals surface area contributed by atoms with Crippen LogP contribution < -0.4 is 9.46 Å². The molecule has 4 rings (SSSR count). The number of carbonyl (C=O) groups is 1. The molecule has 0 aliphatic heterocycles. The Morgan fingerprint density at radius 2 is 1.73 bits per heavy atom. The van der Waals surface area contributed by atoms with Gasteiger partial charge in [-0.25, -0.2) is 14.2 Å². The Balaban J connectivity index is 1.63. The second-order valence-electron chi connectivity index (χ2n) is 9.33. The molecule has 0 saturated heterocycles. The summed E-state index contributed by atoms with van der Waals surface area (Å²) in [6.07, 6.45) is -9.47. The van der Waals surface area contributed by atoms with Crippen molar-refractivity contribution >= 4 is 33.0 Å². The number of nitrogens with zero attached hydrogens (tertiary/aromatic N) is 1. The SMILES string of the molecule is COc1cc(C(=O)O)c(F)cc1NS(=O)(=O)c1csc(-c2ccc([C@H]3CC[C@@H](C(F)(F)F)CC3)cc2C(F)(F)F)n1. The molecular formula is C25H21F7N2O5S2. The topological polar surface area (TPSA) is 106 Å². The van der Waals surface area contributed by atoms with Crippen LogP contribution in [0.5, 0.6) is 5.75 Å². The molecule has 2 N–H and O–H groups in total. The van der Waals surface area contributed by atoms with Gasteiger partial charge in [0, 0.05) is 17.0 Å². The average molecular weight is 627 g/mol. The molecule has 1 saturated carbocycles. The van der Waals surface area contributed by atoms with Crippen molar-refractivity contribution in [1.82, 2.24) is 4.98 Å². The van der Waals surface area contributed by atoms with Gasteiger partial charge in [-0.3, -0.25) is 4.72 Å². The van der Waals surface area contributed by atoms with E-state index in [1.54, 1.807) is 0 Å². The maximum absolute atomic E-state index is 14.2. The van der Waals surface area contributed by atoms with E-state index in [0.29, 0.717) is 17.4 Å². The van der Waals surface area contributed by atoms with E-state index in [4.69, 9.17) is 9.84 Å². The fourth-order valence-corrected chi connectivity index (χ4v) is 6.86. The van der Waals surface area contributed by atoms with Crippen LogP contribution in [0.3, 0.4) is 0 Å². The van der Waals surface area contributed by atoms with Gasteiger partial charge in [-0.1, -0.05) is 12.1 Å². The zero-order chi connectivity index (χ0) is 30.3. The van der Waals surface area contributed by atoms with E-state index in [1.807, 2.05) is 4.72 Å². The number of hydrogen-bond acceptors (Lipinski definition) is 6. The number of carboxylic acid groups (broad SMARTS) is 1. The Hall–Kier alpha value is -3.40. The predicted molar refractivity (Wildman–Crippen MR) is 134 cm³/mol. The Bertz CT molecular complexity index is 1560. The number of aromatic carboxylic acids is 1. The summed E-state index contributed by atoms with van der Waals surface area (Å²) < 4.78 is 128. The Morgan fingerprint density at radius 1 is 1.07 bits per heavy atom. The Labute approximate surface area is 233 Å². The number of carboxylic acids is 1. The second kappa shape index (κ2) is 11.1. The van der Waals surface area contributed by atoms with Gasteiger partial charge < -0.3 is 9.84 Å². The van der Waals surface area contributed by atoms with E-state index in [0.717, 1.165) is 30.7 Å². The third-order valence-electron chi connectivity index (χ3n) is 6.76. The number of sulfonamides is 1. The molecule has 16 heteroatoms. The van der Waals surface area contributed by atoms with Gasteiger partial charge in [0.15, 0.2) is 5.03 Å². The predicted octanol–water partition coefficient (Wildman–Crippen LogP) is 7.31. The number of rotatable bonds is 7. The molecule has 1 aromatic heterocycles. The summed E-state index contributed by atoms with van der Waals surface area (Å²) in [5.74, 6) is -5.21. The first-order valence-corrected chi connectivity index (χ1v) is 14.2. The zero-order valence-electron chi connectivity index (χ0n) is 20.9. The van der Waals surface area contributed by atoms with E-state index in [9.17, 15) is 43.9 Å². The molecule has 3 aromatic rings. The summed E-state index contributed by atoms with van der Waals surface area (Å²) in [4.78, 5) is 15.0. The first-order valence-electron chi connectivity index (χ1n) is 11.9. The molecule has 0 spiro atoms. The van der Waals surface area contributed by atoms with Crippen LogP contribution in [0.25, 0.3) is 10.6 Å². The molecule has 222 valence electrons. The summed E-state index contributed by atoms with van der Waals surface area (Å²) in [6.45, 7) is 0. The van der Waals surface area contributed by atoms with Crippen LogP contribution in [0.1, 0.15) is 53.1 Å². The van der Waals surface area contributed by atoms with Crippen molar-refractivity contribution in [2.45, 2.75) is 49.0 Å². The molecule has 0 atom stereocenters. The third kappa shape index (κ3) is 6.58. The summed E-state index contributed by atoms with van der Waals surface area (Å²) in [5, 5.41) is 9.02. The quantitative estimate of drug-likeness (QED) is 0.267. The maximum atomic E-state index is 14.2. The van der Waals surface area contributed by atoms with E-state index in [1.165, 1.54) is 6.07 Å². The van der Waals surface area contributed by atoms with Gasteiger partial charge in [0.2, 0.25) is 0 Å².